The Labute approximate surface area is 162 Å². The van der Waals surface area contributed by atoms with Crippen molar-refractivity contribution in [1.29, 1.82) is 0 Å². The van der Waals surface area contributed by atoms with Gasteiger partial charge in [0.15, 0.2) is 0 Å². The zero-order valence-corrected chi connectivity index (χ0v) is 15.3. The van der Waals surface area contributed by atoms with Crippen molar-refractivity contribution in [1.82, 2.24) is 19.9 Å². The van der Waals surface area contributed by atoms with Crippen molar-refractivity contribution in [3.05, 3.63) is 84.9 Å². The first kappa shape index (κ1) is 17.7. The van der Waals surface area contributed by atoms with Crippen LogP contribution in [-0.2, 0) is 6.54 Å². The summed E-state index contributed by atoms with van der Waals surface area (Å²) < 4.78 is 7.79. The fraction of sp³-hybridized carbons (Fsp3) is 0.136. The zero-order chi connectivity index (χ0) is 19.2. The van der Waals surface area contributed by atoms with Crippen molar-refractivity contribution in [3.63, 3.8) is 0 Å². The Morgan fingerprint density at radius 3 is 2.68 bits per heavy atom. The third-order valence-corrected chi connectivity index (χ3v) is 4.38. The zero-order valence-electron chi connectivity index (χ0n) is 15.3. The number of amides is 1. The van der Waals surface area contributed by atoms with Crippen LogP contribution in [0.25, 0.3) is 11.0 Å². The highest BCUT2D eigenvalue weighted by atomic mass is 16.5. The lowest BCUT2D eigenvalue weighted by Crippen LogP contribution is -2.25. The Kier molecular flexibility index (Phi) is 5.29. The predicted molar refractivity (Wildman–Crippen MR) is 107 cm³/mol. The molecule has 0 aliphatic rings. The number of hydrogen-bond donors (Lipinski definition) is 1. The molecule has 6 heteroatoms. The summed E-state index contributed by atoms with van der Waals surface area (Å²) in [4.78, 5) is 20.7. The van der Waals surface area contributed by atoms with Crippen LogP contribution in [0.3, 0.4) is 0 Å². The number of ether oxygens (including phenoxy) is 1. The van der Waals surface area contributed by atoms with Gasteiger partial charge in [0.1, 0.15) is 11.5 Å². The largest absolute Gasteiger partial charge is 0.456 e. The third-order valence-electron chi connectivity index (χ3n) is 4.38. The van der Waals surface area contributed by atoms with Gasteiger partial charge in [0, 0.05) is 24.8 Å². The normalized spacial score (nSPS) is 10.7. The minimum Gasteiger partial charge on any atom is -0.456 e. The minimum absolute atomic E-state index is 0.0941. The molecule has 0 spiro atoms. The molecular weight excluding hydrogens is 352 g/mol. The summed E-state index contributed by atoms with van der Waals surface area (Å²) in [5.41, 5.74) is 2.70. The number of benzene rings is 2. The second-order valence-electron chi connectivity index (χ2n) is 6.35. The van der Waals surface area contributed by atoms with Crippen LogP contribution in [0.15, 0.2) is 79.4 Å². The van der Waals surface area contributed by atoms with Crippen molar-refractivity contribution in [2.45, 2.75) is 13.0 Å². The number of para-hydroxylation sites is 2. The summed E-state index contributed by atoms with van der Waals surface area (Å²) >= 11 is 0. The lowest BCUT2D eigenvalue weighted by molar-refractivity contribution is 0.0953. The number of hydrogen-bond acceptors (Lipinski definition) is 4. The molecule has 4 rings (SSSR count). The number of pyridine rings is 1. The first-order chi connectivity index (χ1) is 13.8. The molecule has 140 valence electrons. The average Bonchev–Trinajstić information content (AvgIpc) is 3.15. The average molecular weight is 372 g/mol. The van der Waals surface area contributed by atoms with Crippen LogP contribution in [0.4, 0.5) is 0 Å². The molecule has 2 heterocycles. The molecule has 2 aromatic heterocycles. The SMILES string of the molecule is O=C(NCCCn1cnc2ccccc21)c1ccc(Oc2cccnc2)cc1. The quantitative estimate of drug-likeness (QED) is 0.497. The van der Waals surface area contributed by atoms with E-state index in [1.54, 1.807) is 36.7 Å². The van der Waals surface area contributed by atoms with E-state index in [0.29, 0.717) is 23.6 Å². The van der Waals surface area contributed by atoms with Gasteiger partial charge in [0.2, 0.25) is 0 Å². The Hall–Kier alpha value is -3.67. The van der Waals surface area contributed by atoms with Gasteiger partial charge in [-0.3, -0.25) is 9.78 Å². The van der Waals surface area contributed by atoms with Crippen LogP contribution in [0.5, 0.6) is 11.5 Å². The maximum atomic E-state index is 12.3. The fourth-order valence-corrected chi connectivity index (χ4v) is 2.96. The van der Waals surface area contributed by atoms with Gasteiger partial charge >= 0.3 is 0 Å². The molecule has 0 saturated heterocycles. The van der Waals surface area contributed by atoms with Crippen molar-refractivity contribution in [2.24, 2.45) is 0 Å². The van der Waals surface area contributed by atoms with Crippen LogP contribution in [0, 0.1) is 0 Å². The van der Waals surface area contributed by atoms with E-state index in [0.717, 1.165) is 24.0 Å². The molecule has 2 aromatic carbocycles. The Morgan fingerprint density at radius 2 is 1.86 bits per heavy atom. The third kappa shape index (κ3) is 4.17. The summed E-state index contributed by atoms with van der Waals surface area (Å²) in [6.07, 6.45) is 6.00. The number of nitrogens with zero attached hydrogens (tertiary/aromatic N) is 3. The van der Waals surface area contributed by atoms with Crippen LogP contribution in [0.2, 0.25) is 0 Å². The highest BCUT2D eigenvalue weighted by Crippen LogP contribution is 2.20. The molecule has 1 N–H and O–H groups in total. The molecule has 0 fully saturated rings. The van der Waals surface area contributed by atoms with Gasteiger partial charge in [-0.05, 0) is 55.0 Å². The maximum absolute atomic E-state index is 12.3. The first-order valence-corrected chi connectivity index (χ1v) is 9.15. The van der Waals surface area contributed by atoms with Crippen LogP contribution < -0.4 is 10.1 Å². The minimum atomic E-state index is -0.0941. The number of aryl methyl sites for hydroxylation is 1. The summed E-state index contributed by atoms with van der Waals surface area (Å²) in [6.45, 7) is 1.40. The Balaban J connectivity index is 1.27. The number of aromatic nitrogens is 3. The standard InChI is InChI=1S/C22H20N4O2/c27-22(17-8-10-18(11-9-17)28-19-5-3-12-23-15-19)24-13-4-14-26-16-25-20-6-1-2-7-21(20)26/h1-3,5-12,15-16H,4,13-14H2,(H,24,27). The number of fused-ring (bicyclic) bond motifs is 1. The molecule has 0 unspecified atom stereocenters. The molecule has 6 nitrogen and oxygen atoms in total. The van der Waals surface area contributed by atoms with Crippen molar-refractivity contribution in [2.75, 3.05) is 6.54 Å². The topological polar surface area (TPSA) is 69.0 Å². The molecule has 0 aliphatic heterocycles. The molecule has 1 amide bonds. The van der Waals surface area contributed by atoms with E-state index in [1.807, 2.05) is 36.7 Å². The van der Waals surface area contributed by atoms with Gasteiger partial charge in [-0.15, -0.1) is 0 Å². The van der Waals surface area contributed by atoms with Gasteiger partial charge in [-0.25, -0.2) is 4.98 Å². The Bertz CT molecular complexity index is 1060. The number of rotatable bonds is 7. The van der Waals surface area contributed by atoms with Gasteiger partial charge < -0.3 is 14.6 Å². The summed E-state index contributed by atoms with van der Waals surface area (Å²) in [5.74, 6) is 1.23. The van der Waals surface area contributed by atoms with Crippen molar-refractivity contribution in [3.8, 4) is 11.5 Å². The molecule has 0 bridgehead atoms. The lowest BCUT2D eigenvalue weighted by Gasteiger charge is -2.08. The highest BCUT2D eigenvalue weighted by molar-refractivity contribution is 5.94. The molecule has 0 aliphatic carbocycles. The summed E-state index contributed by atoms with van der Waals surface area (Å²) in [7, 11) is 0. The highest BCUT2D eigenvalue weighted by Gasteiger charge is 2.06. The smallest absolute Gasteiger partial charge is 0.251 e. The van der Waals surface area contributed by atoms with Crippen molar-refractivity contribution < 1.29 is 9.53 Å². The van der Waals surface area contributed by atoms with Crippen LogP contribution >= 0.6 is 0 Å². The second kappa shape index (κ2) is 8.35. The summed E-state index contributed by atoms with van der Waals surface area (Å²) in [6, 6.07) is 18.7. The molecule has 28 heavy (non-hydrogen) atoms. The monoisotopic (exact) mass is 372 g/mol. The van der Waals surface area contributed by atoms with Gasteiger partial charge in [0.05, 0.1) is 23.6 Å². The first-order valence-electron chi connectivity index (χ1n) is 9.15. The van der Waals surface area contributed by atoms with Gasteiger partial charge in [-0.2, -0.15) is 0 Å². The number of imidazole rings is 1. The van der Waals surface area contributed by atoms with E-state index >= 15 is 0 Å². The second-order valence-corrected chi connectivity index (χ2v) is 6.35. The number of carbonyl (C=O) groups excluding carboxylic acids is 1. The molecule has 0 saturated carbocycles. The molecule has 4 aromatic rings. The predicted octanol–water partition coefficient (Wildman–Crippen LogP) is 4.04. The van der Waals surface area contributed by atoms with E-state index in [2.05, 4.69) is 25.9 Å². The van der Waals surface area contributed by atoms with Gasteiger partial charge in [0.25, 0.3) is 5.91 Å². The van der Waals surface area contributed by atoms with E-state index in [9.17, 15) is 4.79 Å². The van der Waals surface area contributed by atoms with E-state index in [4.69, 9.17) is 4.74 Å². The Morgan fingerprint density at radius 1 is 1.00 bits per heavy atom. The number of carbonyl (C=O) groups is 1. The van der Waals surface area contributed by atoms with Crippen molar-refractivity contribution >= 4 is 16.9 Å². The molecule has 0 atom stereocenters. The summed E-state index contributed by atoms with van der Waals surface area (Å²) in [5, 5.41) is 2.96. The van der Waals surface area contributed by atoms with E-state index < -0.39 is 0 Å². The number of nitrogens with one attached hydrogen (secondary N) is 1. The molecule has 0 radical (unpaired) electrons. The maximum Gasteiger partial charge on any atom is 0.251 e. The lowest BCUT2D eigenvalue weighted by atomic mass is 10.2. The van der Waals surface area contributed by atoms with E-state index in [-0.39, 0.29) is 5.91 Å². The van der Waals surface area contributed by atoms with E-state index in [1.165, 1.54) is 0 Å². The molecular formula is C22H20N4O2. The van der Waals surface area contributed by atoms with Gasteiger partial charge in [-0.1, -0.05) is 12.1 Å². The van der Waals surface area contributed by atoms with Crippen LogP contribution in [0.1, 0.15) is 16.8 Å². The fourth-order valence-electron chi connectivity index (χ4n) is 2.96. The van der Waals surface area contributed by atoms with Crippen LogP contribution in [-0.4, -0.2) is 27.0 Å².